The monoisotopic (exact) mass is 360 g/mol. The van der Waals surface area contributed by atoms with E-state index in [1.165, 1.54) is 11.3 Å². The number of hydrogen-bond acceptors (Lipinski definition) is 6. The van der Waals surface area contributed by atoms with E-state index in [-0.39, 0.29) is 24.2 Å². The van der Waals surface area contributed by atoms with Crippen molar-refractivity contribution in [1.29, 1.82) is 0 Å². The highest BCUT2D eigenvalue weighted by molar-refractivity contribution is 7.15. The van der Waals surface area contributed by atoms with Gasteiger partial charge in [0.1, 0.15) is 10.8 Å². The van der Waals surface area contributed by atoms with Gasteiger partial charge in [-0.05, 0) is 12.1 Å². The summed E-state index contributed by atoms with van der Waals surface area (Å²) in [5.74, 6) is 0.144. The van der Waals surface area contributed by atoms with Crippen LogP contribution in [0.25, 0.3) is 0 Å². The molecule has 0 unspecified atom stereocenters. The Labute approximate surface area is 150 Å². The van der Waals surface area contributed by atoms with Gasteiger partial charge in [-0.25, -0.2) is 0 Å². The van der Waals surface area contributed by atoms with Gasteiger partial charge in [0, 0.05) is 18.9 Å². The molecule has 0 spiro atoms. The number of aromatic nitrogens is 2. The molecule has 1 saturated heterocycles. The van der Waals surface area contributed by atoms with Crippen LogP contribution >= 0.6 is 11.3 Å². The van der Waals surface area contributed by atoms with Gasteiger partial charge in [0.05, 0.1) is 18.7 Å². The molecule has 8 heteroatoms. The highest BCUT2D eigenvalue weighted by Gasteiger charge is 2.36. The summed E-state index contributed by atoms with van der Waals surface area (Å²) in [6.45, 7) is 4.36. The molecule has 2 aromatic rings. The Hall–Kier alpha value is -2.48. The highest BCUT2D eigenvalue weighted by Crippen LogP contribution is 2.33. The van der Waals surface area contributed by atoms with Crippen molar-refractivity contribution in [3.8, 4) is 5.75 Å². The van der Waals surface area contributed by atoms with Crippen molar-refractivity contribution < 1.29 is 14.3 Å². The molecule has 1 aliphatic heterocycles. The minimum Gasteiger partial charge on any atom is -0.495 e. The first-order valence-corrected chi connectivity index (χ1v) is 8.89. The van der Waals surface area contributed by atoms with Crippen molar-refractivity contribution in [1.82, 2.24) is 10.2 Å². The lowest BCUT2D eigenvalue weighted by Crippen LogP contribution is -2.28. The van der Waals surface area contributed by atoms with Gasteiger partial charge >= 0.3 is 0 Å². The molecular weight excluding hydrogens is 340 g/mol. The Morgan fingerprint density at radius 3 is 2.80 bits per heavy atom. The first-order chi connectivity index (χ1) is 12.0. The summed E-state index contributed by atoms with van der Waals surface area (Å²) in [7, 11) is 1.56. The Kier molecular flexibility index (Phi) is 4.98. The second kappa shape index (κ2) is 7.18. The third-order valence-corrected chi connectivity index (χ3v) is 5.18. The number of nitrogens with zero attached hydrogens (tertiary/aromatic N) is 3. The van der Waals surface area contributed by atoms with Crippen LogP contribution in [0.15, 0.2) is 24.3 Å². The summed E-state index contributed by atoms with van der Waals surface area (Å²) in [6, 6.07) is 7.30. The maximum absolute atomic E-state index is 12.5. The van der Waals surface area contributed by atoms with Crippen LogP contribution in [0, 0.1) is 5.92 Å². The Balaban J connectivity index is 1.70. The zero-order valence-corrected chi connectivity index (χ0v) is 15.2. The van der Waals surface area contributed by atoms with Gasteiger partial charge < -0.3 is 15.0 Å². The molecule has 1 atom stereocenters. The maximum Gasteiger partial charge on any atom is 0.231 e. The van der Waals surface area contributed by atoms with Crippen molar-refractivity contribution in [3.63, 3.8) is 0 Å². The Morgan fingerprint density at radius 1 is 1.36 bits per heavy atom. The van der Waals surface area contributed by atoms with Crippen LogP contribution in [-0.2, 0) is 9.59 Å². The number of carbonyl (C=O) groups is 2. The van der Waals surface area contributed by atoms with E-state index in [4.69, 9.17) is 4.74 Å². The van der Waals surface area contributed by atoms with Crippen molar-refractivity contribution in [3.05, 3.63) is 29.3 Å². The molecule has 7 nitrogen and oxygen atoms in total. The smallest absolute Gasteiger partial charge is 0.231 e. The predicted molar refractivity (Wildman–Crippen MR) is 96.1 cm³/mol. The number of benzene rings is 1. The average molecular weight is 360 g/mol. The lowest BCUT2D eigenvalue weighted by molar-refractivity contribution is -0.122. The van der Waals surface area contributed by atoms with E-state index in [1.807, 2.05) is 32.0 Å². The number of amides is 2. The molecule has 2 amide bonds. The summed E-state index contributed by atoms with van der Waals surface area (Å²) in [5.41, 5.74) is 0.684. The molecule has 3 rings (SSSR count). The molecule has 132 valence electrons. The van der Waals surface area contributed by atoms with Crippen molar-refractivity contribution >= 4 is 34.0 Å². The van der Waals surface area contributed by atoms with Gasteiger partial charge in [-0.3, -0.25) is 9.59 Å². The number of ether oxygens (including phenoxy) is 1. The molecule has 1 N–H and O–H groups in total. The quantitative estimate of drug-likeness (QED) is 0.886. The minimum atomic E-state index is -0.427. The van der Waals surface area contributed by atoms with E-state index in [9.17, 15) is 9.59 Å². The van der Waals surface area contributed by atoms with Crippen molar-refractivity contribution in [2.45, 2.75) is 26.2 Å². The molecule has 1 aromatic heterocycles. The van der Waals surface area contributed by atoms with E-state index in [1.54, 1.807) is 18.1 Å². The summed E-state index contributed by atoms with van der Waals surface area (Å²) in [4.78, 5) is 26.5. The van der Waals surface area contributed by atoms with Crippen molar-refractivity contribution in [2.75, 3.05) is 23.9 Å². The molecule has 1 fully saturated rings. The molecule has 0 saturated carbocycles. The fourth-order valence-electron chi connectivity index (χ4n) is 2.69. The number of nitrogens with one attached hydrogen (secondary N) is 1. The van der Waals surface area contributed by atoms with Gasteiger partial charge in [-0.2, -0.15) is 0 Å². The molecule has 1 aromatic carbocycles. The number of anilines is 2. The average Bonchev–Trinajstić information content (AvgIpc) is 3.21. The van der Waals surface area contributed by atoms with E-state index in [2.05, 4.69) is 15.5 Å². The van der Waals surface area contributed by atoms with Crippen LogP contribution in [0.2, 0.25) is 0 Å². The van der Waals surface area contributed by atoms with E-state index in [0.717, 1.165) is 5.01 Å². The molecule has 1 aliphatic rings. The Morgan fingerprint density at radius 2 is 2.12 bits per heavy atom. The van der Waals surface area contributed by atoms with Crippen LogP contribution in [0.1, 0.15) is 31.2 Å². The van der Waals surface area contributed by atoms with Crippen LogP contribution in [0.3, 0.4) is 0 Å². The molecule has 25 heavy (non-hydrogen) atoms. The standard InChI is InChI=1S/C17H20N4O3S/c1-10(2)16-19-20-17(25-16)18-15(23)11-8-14(22)21(9-11)12-6-4-5-7-13(12)24-3/h4-7,10-11H,8-9H2,1-3H3,(H,18,20,23)/t11-/m0/s1. The number of hydrogen-bond donors (Lipinski definition) is 1. The minimum absolute atomic E-state index is 0.0928. The predicted octanol–water partition coefficient (Wildman–Crippen LogP) is 2.66. The molecule has 2 heterocycles. The summed E-state index contributed by atoms with van der Waals surface area (Å²) in [5, 5.41) is 12.2. The zero-order chi connectivity index (χ0) is 18.0. The lowest BCUT2D eigenvalue weighted by Gasteiger charge is -2.19. The summed E-state index contributed by atoms with van der Waals surface area (Å²) >= 11 is 1.36. The largest absolute Gasteiger partial charge is 0.495 e. The van der Waals surface area contributed by atoms with Crippen LogP contribution in [0.5, 0.6) is 5.75 Å². The van der Waals surface area contributed by atoms with E-state index in [0.29, 0.717) is 23.1 Å². The third-order valence-electron chi connectivity index (χ3n) is 4.04. The number of carbonyl (C=O) groups excluding carboxylic acids is 2. The number of rotatable bonds is 5. The second-order valence-electron chi connectivity index (χ2n) is 6.17. The number of para-hydroxylation sites is 2. The first kappa shape index (κ1) is 17.3. The SMILES string of the molecule is COc1ccccc1N1C[C@@H](C(=O)Nc2nnc(C(C)C)s2)CC1=O. The normalized spacial score (nSPS) is 17.2. The van der Waals surface area contributed by atoms with Gasteiger partial charge in [-0.15, -0.1) is 10.2 Å². The Bertz CT molecular complexity index is 790. The van der Waals surface area contributed by atoms with E-state index >= 15 is 0 Å². The van der Waals surface area contributed by atoms with Gasteiger partial charge in [0.25, 0.3) is 0 Å². The first-order valence-electron chi connectivity index (χ1n) is 8.07. The second-order valence-corrected chi connectivity index (χ2v) is 7.18. The summed E-state index contributed by atoms with van der Waals surface area (Å²) < 4.78 is 5.31. The van der Waals surface area contributed by atoms with Gasteiger partial charge in [-0.1, -0.05) is 37.3 Å². The van der Waals surface area contributed by atoms with Crippen LogP contribution in [0.4, 0.5) is 10.8 Å². The molecule has 0 radical (unpaired) electrons. The highest BCUT2D eigenvalue weighted by atomic mass is 32.1. The van der Waals surface area contributed by atoms with E-state index < -0.39 is 5.92 Å². The zero-order valence-electron chi connectivity index (χ0n) is 14.4. The van der Waals surface area contributed by atoms with Gasteiger partial charge in [0.2, 0.25) is 16.9 Å². The molecule has 0 bridgehead atoms. The third kappa shape index (κ3) is 3.63. The fourth-order valence-corrected chi connectivity index (χ4v) is 3.44. The lowest BCUT2D eigenvalue weighted by atomic mass is 10.1. The maximum atomic E-state index is 12.5. The molecular formula is C17H20N4O3S. The van der Waals surface area contributed by atoms with Crippen molar-refractivity contribution in [2.24, 2.45) is 5.92 Å². The van der Waals surface area contributed by atoms with Gasteiger partial charge in [0.15, 0.2) is 0 Å². The van der Waals surface area contributed by atoms with Crippen LogP contribution < -0.4 is 15.0 Å². The topological polar surface area (TPSA) is 84.4 Å². The fraction of sp³-hybridized carbons (Fsp3) is 0.412. The molecule has 0 aliphatic carbocycles. The van der Waals surface area contributed by atoms with Crippen LogP contribution in [-0.4, -0.2) is 35.7 Å². The number of methoxy groups -OCH3 is 1. The summed E-state index contributed by atoms with van der Waals surface area (Å²) in [6.07, 6.45) is 0.166.